The molecule has 0 bridgehead atoms. The quantitative estimate of drug-likeness (QED) is 0.752. The van der Waals surface area contributed by atoms with Crippen molar-refractivity contribution in [2.75, 3.05) is 4.72 Å². The summed E-state index contributed by atoms with van der Waals surface area (Å²) in [5.41, 5.74) is -1.27. The number of hydrogen-bond donors (Lipinski definition) is 1. The Morgan fingerprint density at radius 3 is 2.58 bits per heavy atom. The summed E-state index contributed by atoms with van der Waals surface area (Å²) in [7, 11) is -4.21. The van der Waals surface area contributed by atoms with E-state index >= 15 is 0 Å². The Labute approximate surface area is 138 Å². The van der Waals surface area contributed by atoms with Crippen LogP contribution in [0.25, 0.3) is 11.0 Å². The lowest BCUT2D eigenvalue weighted by Crippen LogP contribution is -2.14. The topological polar surface area (TPSA) is 85.1 Å². The molecule has 0 fully saturated rings. The third-order valence-corrected chi connectivity index (χ3v) is 4.80. The normalized spacial score (nSPS) is 12.5. The number of fused-ring (bicyclic) bond motifs is 1. The van der Waals surface area contributed by atoms with Crippen molar-refractivity contribution in [2.24, 2.45) is 0 Å². The molecule has 126 valence electrons. The number of nitrogens with one attached hydrogen (secondary N) is 1. The van der Waals surface area contributed by atoms with Crippen molar-refractivity contribution in [3.63, 3.8) is 0 Å². The first-order valence-electron chi connectivity index (χ1n) is 6.29. The Morgan fingerprint density at radius 2 is 1.88 bits per heavy atom. The molecule has 0 radical (unpaired) electrons. The van der Waals surface area contributed by atoms with Gasteiger partial charge in [0.25, 0.3) is 10.0 Å². The average Bonchev–Trinajstić information content (AvgIpc) is 2.96. The minimum absolute atomic E-state index is 0.0324. The van der Waals surface area contributed by atoms with Crippen LogP contribution >= 0.6 is 11.6 Å². The van der Waals surface area contributed by atoms with E-state index in [1.807, 2.05) is 0 Å². The summed E-state index contributed by atoms with van der Waals surface area (Å²) in [6.07, 6.45) is -4.71. The number of hydrogen-bond acceptors (Lipinski definition) is 5. The Hall–Kier alpha value is -2.33. The fourth-order valence-electron chi connectivity index (χ4n) is 2.01. The molecular weight excluding hydrogens is 371 g/mol. The molecule has 0 saturated carbocycles. The molecule has 2 aromatic carbocycles. The van der Waals surface area contributed by atoms with E-state index in [4.69, 9.17) is 11.6 Å². The zero-order valence-electron chi connectivity index (χ0n) is 11.5. The van der Waals surface area contributed by atoms with E-state index in [1.54, 1.807) is 0 Å². The van der Waals surface area contributed by atoms with Gasteiger partial charge in [-0.05, 0) is 40.6 Å². The number of benzene rings is 2. The van der Waals surface area contributed by atoms with Crippen LogP contribution in [0.15, 0.2) is 45.9 Å². The van der Waals surface area contributed by atoms with Crippen molar-refractivity contribution in [3.05, 3.63) is 47.0 Å². The lowest BCUT2D eigenvalue weighted by molar-refractivity contribution is -0.137. The lowest BCUT2D eigenvalue weighted by Gasteiger charge is -2.12. The lowest BCUT2D eigenvalue weighted by atomic mass is 10.2. The molecule has 1 N–H and O–H groups in total. The Kier molecular flexibility index (Phi) is 3.88. The molecule has 0 aliphatic heterocycles. The van der Waals surface area contributed by atoms with Crippen LogP contribution in [0.1, 0.15) is 5.56 Å². The monoisotopic (exact) mass is 377 g/mol. The van der Waals surface area contributed by atoms with Crippen molar-refractivity contribution in [1.82, 2.24) is 10.3 Å². The molecule has 0 aliphatic carbocycles. The van der Waals surface area contributed by atoms with E-state index in [-0.39, 0.29) is 21.6 Å². The Balaban J connectivity index is 2.03. The van der Waals surface area contributed by atoms with E-state index in [1.165, 1.54) is 18.2 Å². The first kappa shape index (κ1) is 16.5. The predicted molar refractivity (Wildman–Crippen MR) is 79.1 cm³/mol. The summed E-state index contributed by atoms with van der Waals surface area (Å²) >= 11 is 5.50. The average molecular weight is 378 g/mol. The highest BCUT2D eigenvalue weighted by atomic mass is 35.5. The zero-order chi connectivity index (χ0) is 17.5. The predicted octanol–water partition coefficient (Wildman–Crippen LogP) is 3.70. The largest absolute Gasteiger partial charge is 0.417 e. The summed E-state index contributed by atoms with van der Waals surface area (Å²) in [5.74, 6) is 0. The van der Waals surface area contributed by atoms with Gasteiger partial charge in [-0.25, -0.2) is 13.0 Å². The summed E-state index contributed by atoms with van der Waals surface area (Å²) < 4.78 is 70.0. The smallest absolute Gasteiger partial charge is 0.280 e. The van der Waals surface area contributed by atoms with Crippen LogP contribution in [0, 0.1) is 0 Å². The van der Waals surface area contributed by atoms with Gasteiger partial charge in [-0.2, -0.15) is 13.2 Å². The highest BCUT2D eigenvalue weighted by molar-refractivity contribution is 7.93. The number of sulfonamides is 1. The van der Waals surface area contributed by atoms with Gasteiger partial charge in [0.15, 0.2) is 5.52 Å². The second kappa shape index (κ2) is 5.64. The summed E-state index contributed by atoms with van der Waals surface area (Å²) in [6, 6.07) is 6.81. The fourth-order valence-corrected chi connectivity index (χ4v) is 3.44. The SMILES string of the molecule is O=S(=O)(Nc1ccc(Cl)c(C(F)(F)F)c1)c1cccc2nonc12. The van der Waals surface area contributed by atoms with Crippen LogP contribution in [-0.2, 0) is 16.2 Å². The van der Waals surface area contributed by atoms with Crippen LogP contribution < -0.4 is 4.72 Å². The van der Waals surface area contributed by atoms with Crippen molar-refractivity contribution < 1.29 is 26.2 Å². The number of aromatic nitrogens is 2. The van der Waals surface area contributed by atoms with Crippen molar-refractivity contribution in [1.29, 1.82) is 0 Å². The molecule has 0 atom stereocenters. The highest BCUT2D eigenvalue weighted by Gasteiger charge is 2.33. The summed E-state index contributed by atoms with van der Waals surface area (Å²) in [6.45, 7) is 0. The first-order chi connectivity index (χ1) is 11.2. The van der Waals surface area contributed by atoms with E-state index in [2.05, 4.69) is 19.7 Å². The van der Waals surface area contributed by atoms with Gasteiger partial charge >= 0.3 is 6.18 Å². The van der Waals surface area contributed by atoms with E-state index in [0.29, 0.717) is 6.07 Å². The summed E-state index contributed by atoms with van der Waals surface area (Å²) in [4.78, 5) is -0.273. The second-order valence-electron chi connectivity index (χ2n) is 4.69. The minimum Gasteiger partial charge on any atom is -0.280 e. The van der Waals surface area contributed by atoms with E-state index < -0.39 is 26.8 Å². The minimum atomic E-state index is -4.71. The van der Waals surface area contributed by atoms with Crippen molar-refractivity contribution >= 4 is 38.3 Å². The Morgan fingerprint density at radius 1 is 1.12 bits per heavy atom. The molecule has 3 aromatic rings. The van der Waals surface area contributed by atoms with Crippen LogP contribution in [0.2, 0.25) is 5.02 Å². The number of anilines is 1. The number of rotatable bonds is 3. The molecule has 1 heterocycles. The maximum Gasteiger partial charge on any atom is 0.417 e. The molecule has 11 heteroatoms. The number of alkyl halides is 3. The third-order valence-electron chi connectivity index (χ3n) is 3.06. The number of nitrogens with zero attached hydrogens (tertiary/aromatic N) is 2. The molecular formula is C13H7ClF3N3O3S. The third kappa shape index (κ3) is 3.02. The van der Waals surface area contributed by atoms with Gasteiger partial charge < -0.3 is 0 Å². The molecule has 1 aromatic heterocycles. The van der Waals surface area contributed by atoms with Crippen LogP contribution in [0.5, 0.6) is 0 Å². The molecule has 0 saturated heterocycles. The van der Waals surface area contributed by atoms with E-state index in [0.717, 1.165) is 12.1 Å². The molecule has 0 spiro atoms. The molecule has 0 aliphatic rings. The Bertz CT molecular complexity index is 1020. The van der Waals surface area contributed by atoms with Gasteiger partial charge in [-0.3, -0.25) is 4.72 Å². The maximum atomic E-state index is 12.9. The van der Waals surface area contributed by atoms with Gasteiger partial charge in [0.1, 0.15) is 10.4 Å². The van der Waals surface area contributed by atoms with Gasteiger partial charge in [-0.1, -0.05) is 17.7 Å². The van der Waals surface area contributed by atoms with Crippen molar-refractivity contribution in [2.45, 2.75) is 11.1 Å². The van der Waals surface area contributed by atoms with Crippen LogP contribution in [-0.4, -0.2) is 18.7 Å². The van der Waals surface area contributed by atoms with Crippen LogP contribution in [0.3, 0.4) is 0 Å². The van der Waals surface area contributed by atoms with E-state index in [9.17, 15) is 21.6 Å². The van der Waals surface area contributed by atoms with Gasteiger partial charge in [-0.15, -0.1) is 0 Å². The second-order valence-corrected chi connectivity index (χ2v) is 6.74. The molecule has 6 nitrogen and oxygen atoms in total. The molecule has 0 amide bonds. The maximum absolute atomic E-state index is 12.9. The van der Waals surface area contributed by atoms with Gasteiger partial charge in [0.2, 0.25) is 0 Å². The van der Waals surface area contributed by atoms with Gasteiger partial charge in [0, 0.05) is 5.69 Å². The van der Waals surface area contributed by atoms with Crippen molar-refractivity contribution in [3.8, 4) is 0 Å². The fraction of sp³-hybridized carbons (Fsp3) is 0.0769. The molecule has 3 rings (SSSR count). The molecule has 0 unspecified atom stereocenters. The number of halogens is 4. The van der Waals surface area contributed by atoms with Gasteiger partial charge in [0.05, 0.1) is 10.6 Å². The standard InChI is InChI=1S/C13H7ClF3N3O3S/c14-9-5-4-7(6-8(9)13(15,16)17)20-24(21,22)11-3-1-2-10-12(11)19-23-18-10/h1-6,20H. The van der Waals surface area contributed by atoms with Crippen LogP contribution in [0.4, 0.5) is 18.9 Å². The highest BCUT2D eigenvalue weighted by Crippen LogP contribution is 2.36. The first-order valence-corrected chi connectivity index (χ1v) is 8.15. The summed E-state index contributed by atoms with van der Waals surface area (Å²) in [5, 5.41) is 6.47. The zero-order valence-corrected chi connectivity index (χ0v) is 13.1. The molecule has 24 heavy (non-hydrogen) atoms.